The number of benzene rings is 2. The lowest BCUT2D eigenvalue weighted by atomic mass is 10.2. The molecule has 4 N–H and O–H groups in total. The summed E-state index contributed by atoms with van der Waals surface area (Å²) in [4.78, 5) is 11.9. The highest BCUT2D eigenvalue weighted by Crippen LogP contribution is 2.37. The number of carbonyl (C=O) groups is 1. The molecule has 9 nitrogen and oxygen atoms in total. The molecule has 0 aliphatic rings. The van der Waals surface area contributed by atoms with Crippen molar-refractivity contribution in [3.05, 3.63) is 63.8 Å². The van der Waals surface area contributed by atoms with Crippen LogP contribution < -0.4 is 25.8 Å². The molecule has 1 heterocycles. The molecular weight excluding hydrogens is 502 g/mol. The van der Waals surface area contributed by atoms with Crippen LogP contribution >= 0.6 is 28.3 Å². The number of nitrogens with two attached hydrogens (primary N) is 1. The van der Waals surface area contributed by atoms with Gasteiger partial charge in [-0.15, -0.1) is 12.4 Å². The second kappa shape index (κ2) is 12.9. The van der Waals surface area contributed by atoms with Crippen LogP contribution in [0.2, 0.25) is 0 Å². The van der Waals surface area contributed by atoms with E-state index in [0.717, 1.165) is 15.6 Å². The molecule has 0 bridgehead atoms. The molecule has 3 rings (SSSR count). The van der Waals surface area contributed by atoms with Gasteiger partial charge in [-0.25, -0.2) is 4.63 Å². The number of hydrogen-bond acceptors (Lipinski definition) is 8. The van der Waals surface area contributed by atoms with Crippen LogP contribution in [0.5, 0.6) is 11.5 Å². The number of nitrogen functional groups attached to an aromatic ring is 1. The average Bonchev–Trinajstić information content (AvgIpc) is 3.20. The predicted octanol–water partition coefficient (Wildman–Crippen LogP) is 3.33. The van der Waals surface area contributed by atoms with E-state index in [-0.39, 0.29) is 23.9 Å². The zero-order valence-electron chi connectivity index (χ0n) is 17.5. The molecule has 0 aliphatic heterocycles. The van der Waals surface area contributed by atoms with Crippen molar-refractivity contribution >= 4 is 40.1 Å². The average molecular weight is 527 g/mol. The molecule has 0 aliphatic carbocycles. The van der Waals surface area contributed by atoms with Crippen molar-refractivity contribution in [2.45, 2.75) is 20.1 Å². The summed E-state index contributed by atoms with van der Waals surface area (Å²) in [6, 6.07) is 13.9. The molecule has 32 heavy (non-hydrogen) atoms. The van der Waals surface area contributed by atoms with Crippen LogP contribution in [-0.2, 0) is 13.2 Å². The number of aromatic nitrogens is 2. The second-order valence-corrected chi connectivity index (χ2v) is 7.40. The Labute approximate surface area is 200 Å². The zero-order valence-corrected chi connectivity index (χ0v) is 19.9. The molecule has 1 aromatic heterocycles. The highest BCUT2D eigenvalue weighted by atomic mass is 79.9. The lowest BCUT2D eigenvalue weighted by molar-refractivity contribution is 0.0944. The molecule has 0 fully saturated rings. The van der Waals surface area contributed by atoms with Crippen molar-refractivity contribution in [2.24, 2.45) is 0 Å². The molecule has 0 atom stereocenters. The van der Waals surface area contributed by atoms with E-state index in [4.69, 9.17) is 15.2 Å². The first-order valence-corrected chi connectivity index (χ1v) is 10.6. The minimum atomic E-state index is -0.429. The fraction of sp³-hybridized carbons (Fsp3) is 0.286. The Bertz CT molecular complexity index is 1000. The molecule has 0 radical (unpaired) electrons. The number of carbonyl (C=O) groups excluding carboxylic acids is 1. The van der Waals surface area contributed by atoms with Crippen LogP contribution in [-0.4, -0.2) is 35.9 Å². The van der Waals surface area contributed by atoms with Gasteiger partial charge in [0.2, 0.25) is 11.5 Å². The Morgan fingerprint density at radius 3 is 2.59 bits per heavy atom. The van der Waals surface area contributed by atoms with Gasteiger partial charge in [-0.1, -0.05) is 30.3 Å². The predicted molar refractivity (Wildman–Crippen MR) is 126 cm³/mol. The van der Waals surface area contributed by atoms with Gasteiger partial charge in [0.1, 0.15) is 6.61 Å². The molecular formula is C21H25BrClN5O4. The summed E-state index contributed by atoms with van der Waals surface area (Å²) in [6.07, 6.45) is 0. The van der Waals surface area contributed by atoms with Crippen molar-refractivity contribution < 1.29 is 18.9 Å². The van der Waals surface area contributed by atoms with Crippen molar-refractivity contribution in [1.29, 1.82) is 0 Å². The van der Waals surface area contributed by atoms with E-state index in [1.165, 1.54) is 0 Å². The fourth-order valence-corrected chi connectivity index (χ4v) is 3.39. The highest BCUT2D eigenvalue weighted by molar-refractivity contribution is 9.10. The van der Waals surface area contributed by atoms with E-state index in [0.29, 0.717) is 44.3 Å². The summed E-state index contributed by atoms with van der Waals surface area (Å²) in [5, 5.41) is 12.8. The summed E-state index contributed by atoms with van der Waals surface area (Å²) >= 11 is 3.59. The number of rotatable bonds is 11. The fourth-order valence-electron chi connectivity index (χ4n) is 2.79. The third-order valence-electron chi connectivity index (χ3n) is 4.24. The number of ether oxygens (including phenoxy) is 2. The van der Waals surface area contributed by atoms with Crippen LogP contribution in [0.4, 0.5) is 5.82 Å². The van der Waals surface area contributed by atoms with Crippen LogP contribution in [0.3, 0.4) is 0 Å². The van der Waals surface area contributed by atoms with E-state index in [1.54, 1.807) is 0 Å². The third kappa shape index (κ3) is 7.11. The van der Waals surface area contributed by atoms with Gasteiger partial charge in [-0.2, -0.15) is 0 Å². The Morgan fingerprint density at radius 1 is 1.12 bits per heavy atom. The zero-order chi connectivity index (χ0) is 22.1. The van der Waals surface area contributed by atoms with Gasteiger partial charge in [0.25, 0.3) is 5.91 Å². The summed E-state index contributed by atoms with van der Waals surface area (Å²) in [7, 11) is 0. The molecule has 0 saturated carbocycles. The number of halogens is 2. The Morgan fingerprint density at radius 2 is 1.91 bits per heavy atom. The highest BCUT2D eigenvalue weighted by Gasteiger charge is 2.15. The topological polar surface area (TPSA) is 125 Å². The number of nitrogens with zero attached hydrogens (tertiary/aromatic N) is 2. The molecule has 172 valence electrons. The molecule has 11 heteroatoms. The summed E-state index contributed by atoms with van der Waals surface area (Å²) < 4.78 is 17.0. The maximum Gasteiger partial charge on any atom is 0.277 e. The Kier molecular flexibility index (Phi) is 10.3. The second-order valence-electron chi connectivity index (χ2n) is 6.54. The molecule has 1 amide bonds. The first-order chi connectivity index (χ1) is 15.1. The van der Waals surface area contributed by atoms with Crippen LogP contribution in [0.15, 0.2) is 51.6 Å². The summed E-state index contributed by atoms with van der Waals surface area (Å²) in [6.45, 7) is 4.42. The van der Waals surface area contributed by atoms with Crippen LogP contribution in [0.25, 0.3) is 0 Å². The first kappa shape index (κ1) is 25.4. The molecule has 0 spiro atoms. The van der Waals surface area contributed by atoms with Gasteiger partial charge in [0.05, 0.1) is 11.1 Å². The van der Waals surface area contributed by atoms with E-state index >= 15 is 0 Å². The van der Waals surface area contributed by atoms with Gasteiger partial charge in [-0.3, -0.25) is 4.79 Å². The quantitative estimate of drug-likeness (QED) is 0.325. The van der Waals surface area contributed by atoms with Crippen LogP contribution in [0.1, 0.15) is 28.5 Å². The molecule has 0 saturated heterocycles. The van der Waals surface area contributed by atoms with Crippen LogP contribution in [0, 0.1) is 0 Å². The third-order valence-corrected chi connectivity index (χ3v) is 4.83. The normalized spacial score (nSPS) is 10.3. The molecule has 2 aromatic carbocycles. The maximum atomic E-state index is 11.9. The van der Waals surface area contributed by atoms with Crippen molar-refractivity contribution in [2.75, 3.05) is 25.4 Å². The van der Waals surface area contributed by atoms with Gasteiger partial charge in [-0.05, 0) is 56.4 Å². The lowest BCUT2D eigenvalue weighted by Gasteiger charge is -2.16. The Hall–Kier alpha value is -2.82. The largest absolute Gasteiger partial charge is 0.490 e. The summed E-state index contributed by atoms with van der Waals surface area (Å²) in [5.74, 6) is 0.877. The van der Waals surface area contributed by atoms with E-state index in [9.17, 15) is 4.79 Å². The monoisotopic (exact) mass is 525 g/mol. The molecule has 0 unspecified atom stereocenters. The number of amides is 1. The van der Waals surface area contributed by atoms with Gasteiger partial charge in [0.15, 0.2) is 11.5 Å². The summed E-state index contributed by atoms with van der Waals surface area (Å²) in [5.41, 5.74) is 7.57. The van der Waals surface area contributed by atoms with Gasteiger partial charge < -0.3 is 25.8 Å². The lowest BCUT2D eigenvalue weighted by Crippen LogP contribution is -2.32. The Balaban J connectivity index is 0.00000363. The SMILES string of the molecule is CCOc1cc(CNCCNC(=O)c2nonc2N)cc(Br)c1OCc1ccccc1.Cl. The number of nitrogens with one attached hydrogen (secondary N) is 2. The van der Waals surface area contributed by atoms with E-state index < -0.39 is 5.91 Å². The van der Waals surface area contributed by atoms with Crippen molar-refractivity contribution in [3.8, 4) is 11.5 Å². The first-order valence-electron chi connectivity index (χ1n) is 9.77. The van der Waals surface area contributed by atoms with Crippen molar-refractivity contribution in [1.82, 2.24) is 20.9 Å². The van der Waals surface area contributed by atoms with E-state index in [2.05, 4.69) is 41.5 Å². The minimum Gasteiger partial charge on any atom is -0.490 e. The maximum absolute atomic E-state index is 11.9. The molecule has 3 aromatic rings. The number of anilines is 1. The minimum absolute atomic E-state index is 0. The van der Waals surface area contributed by atoms with Crippen molar-refractivity contribution in [3.63, 3.8) is 0 Å². The number of hydrogen-bond donors (Lipinski definition) is 3. The van der Waals surface area contributed by atoms with Gasteiger partial charge >= 0.3 is 0 Å². The standard InChI is InChI=1S/C21H24BrN5O4.ClH/c1-2-29-17-11-15(10-16(22)19(17)30-13-14-6-4-3-5-7-14)12-24-8-9-25-21(28)18-20(23)27-31-26-18;/h3-7,10-11,24H,2,8-9,12-13H2,1H3,(H2,23,27)(H,25,28);1H. The van der Waals surface area contributed by atoms with Gasteiger partial charge in [0, 0.05) is 19.6 Å². The van der Waals surface area contributed by atoms with E-state index in [1.807, 2.05) is 49.4 Å². The smallest absolute Gasteiger partial charge is 0.277 e.